The van der Waals surface area contributed by atoms with Gasteiger partial charge in [0.1, 0.15) is 0 Å². The quantitative estimate of drug-likeness (QED) is 0.701. The Hall–Kier alpha value is -2.40. The number of thiocarbonyl (C=S) groups is 1. The van der Waals surface area contributed by atoms with E-state index in [1.807, 2.05) is 35.2 Å². The van der Waals surface area contributed by atoms with Gasteiger partial charge in [0.05, 0.1) is 0 Å². The van der Waals surface area contributed by atoms with E-state index in [4.69, 9.17) is 12.2 Å². The number of hydrogen-bond donors (Lipinski definition) is 2. The van der Waals surface area contributed by atoms with Crippen LogP contribution in [0.4, 0.5) is 5.69 Å². The molecule has 1 heterocycles. The molecular formula is C23H29N3OS. The number of rotatable bonds is 6. The molecule has 1 fully saturated rings. The molecule has 0 saturated carbocycles. The van der Waals surface area contributed by atoms with Crippen LogP contribution in [0.5, 0.6) is 0 Å². The number of aryl methyl sites for hydroxylation is 1. The first kappa shape index (κ1) is 20.3. The highest BCUT2D eigenvalue weighted by Gasteiger charge is 2.23. The molecule has 2 N–H and O–H groups in total. The number of piperidine rings is 1. The van der Waals surface area contributed by atoms with E-state index in [1.54, 1.807) is 0 Å². The van der Waals surface area contributed by atoms with Gasteiger partial charge >= 0.3 is 0 Å². The lowest BCUT2D eigenvalue weighted by Gasteiger charge is -2.33. The van der Waals surface area contributed by atoms with Crippen LogP contribution in [0.3, 0.4) is 0 Å². The molecule has 0 unspecified atom stereocenters. The summed E-state index contributed by atoms with van der Waals surface area (Å²) in [7, 11) is 0. The number of nitrogens with zero attached hydrogens (tertiary/aromatic N) is 1. The predicted octanol–water partition coefficient (Wildman–Crippen LogP) is 4.62. The SMILES string of the molecule is CCCCc1ccc(NC(=S)NC2CCN(C(=O)c3ccccc3)CC2)cc1. The van der Waals surface area contributed by atoms with E-state index in [1.165, 1.54) is 18.4 Å². The molecule has 0 bridgehead atoms. The van der Waals surface area contributed by atoms with Crippen molar-refractivity contribution in [2.75, 3.05) is 18.4 Å². The average molecular weight is 396 g/mol. The summed E-state index contributed by atoms with van der Waals surface area (Å²) in [5.74, 6) is 0.114. The minimum Gasteiger partial charge on any atom is -0.360 e. The number of hydrogen-bond acceptors (Lipinski definition) is 2. The topological polar surface area (TPSA) is 44.4 Å². The number of benzene rings is 2. The van der Waals surface area contributed by atoms with Crippen molar-refractivity contribution in [2.24, 2.45) is 0 Å². The second kappa shape index (κ2) is 10.2. The zero-order valence-corrected chi connectivity index (χ0v) is 17.3. The number of anilines is 1. The lowest BCUT2D eigenvalue weighted by molar-refractivity contribution is 0.0710. The van der Waals surface area contributed by atoms with Crippen molar-refractivity contribution >= 4 is 28.9 Å². The molecule has 1 aliphatic heterocycles. The van der Waals surface area contributed by atoms with Gasteiger partial charge in [0.25, 0.3) is 5.91 Å². The van der Waals surface area contributed by atoms with E-state index in [0.717, 1.165) is 43.6 Å². The van der Waals surface area contributed by atoms with Crippen LogP contribution >= 0.6 is 12.2 Å². The zero-order valence-electron chi connectivity index (χ0n) is 16.5. The number of likely N-dealkylation sites (tertiary alicyclic amines) is 1. The van der Waals surface area contributed by atoms with Crippen molar-refractivity contribution in [1.29, 1.82) is 0 Å². The van der Waals surface area contributed by atoms with E-state index in [2.05, 4.69) is 41.8 Å². The minimum atomic E-state index is 0.114. The van der Waals surface area contributed by atoms with E-state index >= 15 is 0 Å². The summed E-state index contributed by atoms with van der Waals surface area (Å²) in [4.78, 5) is 14.5. The molecule has 1 aliphatic rings. The summed E-state index contributed by atoms with van der Waals surface area (Å²) in [6, 6.07) is 18.3. The summed E-state index contributed by atoms with van der Waals surface area (Å²) >= 11 is 5.47. The first-order chi connectivity index (χ1) is 13.7. The molecule has 0 atom stereocenters. The monoisotopic (exact) mass is 395 g/mol. The Kier molecular flexibility index (Phi) is 7.43. The fourth-order valence-corrected chi connectivity index (χ4v) is 3.76. The van der Waals surface area contributed by atoms with Crippen molar-refractivity contribution in [2.45, 2.75) is 45.1 Å². The van der Waals surface area contributed by atoms with Crippen LogP contribution in [0.2, 0.25) is 0 Å². The summed E-state index contributed by atoms with van der Waals surface area (Å²) in [6.45, 7) is 3.71. The van der Waals surface area contributed by atoms with Gasteiger partial charge in [-0.3, -0.25) is 4.79 Å². The Morgan fingerprint density at radius 1 is 1.07 bits per heavy atom. The Bertz CT molecular complexity index is 768. The largest absolute Gasteiger partial charge is 0.360 e. The molecule has 2 aromatic rings. The molecule has 0 aromatic heterocycles. The van der Waals surface area contributed by atoms with Gasteiger partial charge in [-0.2, -0.15) is 0 Å². The standard InChI is InChI=1S/C23H29N3OS/c1-2-3-7-18-10-12-20(13-11-18)24-23(28)25-21-14-16-26(17-15-21)22(27)19-8-5-4-6-9-19/h4-6,8-13,21H,2-3,7,14-17H2,1H3,(H2,24,25,28). The fraction of sp³-hybridized carbons (Fsp3) is 0.391. The van der Waals surface area contributed by atoms with Crippen molar-refractivity contribution in [3.8, 4) is 0 Å². The Morgan fingerprint density at radius 2 is 1.75 bits per heavy atom. The van der Waals surface area contributed by atoms with Crippen LogP contribution in [0.15, 0.2) is 54.6 Å². The molecule has 3 rings (SSSR count). The highest BCUT2D eigenvalue weighted by molar-refractivity contribution is 7.80. The third kappa shape index (κ3) is 5.80. The van der Waals surface area contributed by atoms with Crippen LogP contribution in [0, 0.1) is 0 Å². The van der Waals surface area contributed by atoms with Crippen LogP contribution in [-0.2, 0) is 6.42 Å². The summed E-state index contributed by atoms with van der Waals surface area (Å²) < 4.78 is 0. The summed E-state index contributed by atoms with van der Waals surface area (Å²) in [5.41, 5.74) is 3.13. The third-order valence-electron chi connectivity index (χ3n) is 5.17. The van der Waals surface area contributed by atoms with Crippen molar-refractivity contribution in [1.82, 2.24) is 10.2 Å². The van der Waals surface area contributed by atoms with Gasteiger partial charge in [-0.1, -0.05) is 43.7 Å². The Morgan fingerprint density at radius 3 is 2.39 bits per heavy atom. The maximum atomic E-state index is 12.5. The maximum Gasteiger partial charge on any atom is 0.253 e. The second-order valence-electron chi connectivity index (χ2n) is 7.33. The molecule has 0 radical (unpaired) electrons. The molecule has 4 nitrogen and oxygen atoms in total. The average Bonchev–Trinajstić information content (AvgIpc) is 2.74. The Labute approximate surface area is 173 Å². The minimum absolute atomic E-state index is 0.114. The van der Waals surface area contributed by atoms with Gasteiger partial charge in [0.2, 0.25) is 0 Å². The Balaban J connectivity index is 1.43. The summed E-state index contributed by atoms with van der Waals surface area (Å²) in [6.07, 6.45) is 5.36. The van der Waals surface area contributed by atoms with E-state index in [0.29, 0.717) is 11.2 Å². The number of carbonyl (C=O) groups excluding carboxylic acids is 1. The highest BCUT2D eigenvalue weighted by atomic mass is 32.1. The van der Waals surface area contributed by atoms with Gasteiger partial charge < -0.3 is 15.5 Å². The molecule has 148 valence electrons. The zero-order chi connectivity index (χ0) is 19.8. The predicted molar refractivity (Wildman–Crippen MR) is 120 cm³/mol. The van der Waals surface area contributed by atoms with Gasteiger partial charge in [0.15, 0.2) is 5.11 Å². The molecular weight excluding hydrogens is 366 g/mol. The number of carbonyl (C=O) groups is 1. The van der Waals surface area contributed by atoms with E-state index in [9.17, 15) is 4.79 Å². The molecule has 5 heteroatoms. The molecule has 2 aromatic carbocycles. The summed E-state index contributed by atoms with van der Waals surface area (Å²) in [5, 5.41) is 7.32. The van der Waals surface area contributed by atoms with Crippen LogP contribution < -0.4 is 10.6 Å². The lowest BCUT2D eigenvalue weighted by Crippen LogP contribution is -2.47. The molecule has 0 spiro atoms. The first-order valence-corrected chi connectivity index (χ1v) is 10.6. The van der Waals surface area contributed by atoms with Crippen molar-refractivity contribution < 1.29 is 4.79 Å². The van der Waals surface area contributed by atoms with Gasteiger partial charge in [-0.25, -0.2) is 0 Å². The smallest absolute Gasteiger partial charge is 0.253 e. The van der Waals surface area contributed by atoms with E-state index < -0.39 is 0 Å². The first-order valence-electron chi connectivity index (χ1n) is 10.2. The molecule has 28 heavy (non-hydrogen) atoms. The van der Waals surface area contributed by atoms with Crippen LogP contribution in [0.25, 0.3) is 0 Å². The van der Waals surface area contributed by atoms with Crippen LogP contribution in [0.1, 0.15) is 48.5 Å². The number of nitrogens with one attached hydrogen (secondary N) is 2. The fourth-order valence-electron chi connectivity index (χ4n) is 3.48. The normalized spacial score (nSPS) is 14.5. The second-order valence-corrected chi connectivity index (χ2v) is 7.74. The van der Waals surface area contributed by atoms with Crippen molar-refractivity contribution in [3.63, 3.8) is 0 Å². The van der Waals surface area contributed by atoms with E-state index in [-0.39, 0.29) is 5.91 Å². The van der Waals surface area contributed by atoms with Gasteiger partial charge in [-0.05, 0) is 67.7 Å². The van der Waals surface area contributed by atoms with Gasteiger partial charge in [0, 0.05) is 30.4 Å². The number of amides is 1. The third-order valence-corrected chi connectivity index (χ3v) is 5.39. The maximum absolute atomic E-state index is 12.5. The highest BCUT2D eigenvalue weighted by Crippen LogP contribution is 2.15. The van der Waals surface area contributed by atoms with Crippen molar-refractivity contribution in [3.05, 3.63) is 65.7 Å². The number of unbranched alkanes of at least 4 members (excludes halogenated alkanes) is 1. The molecule has 0 aliphatic carbocycles. The van der Waals surface area contributed by atoms with Crippen LogP contribution in [-0.4, -0.2) is 35.1 Å². The molecule has 1 amide bonds. The lowest BCUT2D eigenvalue weighted by atomic mass is 10.0. The van der Waals surface area contributed by atoms with Gasteiger partial charge in [-0.15, -0.1) is 0 Å². The molecule has 1 saturated heterocycles.